The average Bonchev–Trinajstić information content (AvgIpc) is 2.79. The number of benzene rings is 4. The van der Waals surface area contributed by atoms with Crippen molar-refractivity contribution in [3.05, 3.63) is 121 Å². The topological polar surface area (TPSA) is 0 Å². The highest BCUT2D eigenvalue weighted by molar-refractivity contribution is 6.89. The van der Waals surface area contributed by atoms with Crippen LogP contribution in [0.1, 0.15) is 0 Å². The van der Waals surface area contributed by atoms with Crippen molar-refractivity contribution in [1.82, 2.24) is 0 Å². The Morgan fingerprint density at radius 2 is 0.536 bits per heavy atom. The van der Waals surface area contributed by atoms with Gasteiger partial charge in [0.15, 0.2) is 0 Å². The van der Waals surface area contributed by atoms with Crippen molar-refractivity contribution < 1.29 is 0 Å². The number of hydrogen-bond acceptors (Lipinski definition) is 0. The molecule has 28 heavy (non-hydrogen) atoms. The lowest BCUT2D eigenvalue weighted by molar-refractivity contribution is 1.38. The molecule has 0 aliphatic carbocycles. The van der Waals surface area contributed by atoms with Crippen molar-refractivity contribution in [2.75, 3.05) is 0 Å². The Labute approximate surface area is 171 Å². The Hall–Kier alpha value is -2.69. The van der Waals surface area contributed by atoms with Gasteiger partial charge >= 0.3 is 0 Å². The monoisotopic (exact) mass is 394 g/mol. The van der Waals surface area contributed by atoms with Crippen molar-refractivity contribution in [2.24, 2.45) is 0 Å². The third kappa shape index (κ3) is 4.59. The van der Waals surface area contributed by atoms with Gasteiger partial charge in [0.25, 0.3) is 0 Å². The summed E-state index contributed by atoms with van der Waals surface area (Å²) in [5, 5.41) is 6.23. The lowest BCUT2D eigenvalue weighted by Gasteiger charge is -2.21. The lowest BCUT2D eigenvalue weighted by atomic mass is 10.4. The fraction of sp³-hybridized carbons (Fsp3) is 0.0769. The number of hydrogen-bond donors (Lipinski definition) is 0. The van der Waals surface area contributed by atoms with Crippen LogP contribution in [0.3, 0.4) is 0 Å². The molecule has 0 radical (unpaired) electrons. The minimum absolute atomic E-state index is 1.22. The van der Waals surface area contributed by atoms with Crippen LogP contribution in [0.2, 0.25) is 12.1 Å². The maximum atomic E-state index is 2.34. The lowest BCUT2D eigenvalue weighted by Crippen LogP contribution is -2.46. The summed E-state index contributed by atoms with van der Waals surface area (Å²) in [6, 6.07) is 47.4. The van der Waals surface area contributed by atoms with E-state index in [1.807, 2.05) is 0 Å². The Bertz CT molecular complexity index is 792. The summed E-state index contributed by atoms with van der Waals surface area (Å²) < 4.78 is 0. The molecule has 0 saturated carbocycles. The first-order chi connectivity index (χ1) is 13.9. The zero-order chi connectivity index (χ0) is 19.0. The average molecular weight is 395 g/mol. The van der Waals surface area contributed by atoms with Gasteiger partial charge in [0.05, 0.1) is 0 Å². The molecule has 4 rings (SSSR count). The minimum Gasteiger partial charge on any atom is -0.0629 e. The molecule has 0 heterocycles. The quantitative estimate of drug-likeness (QED) is 0.423. The minimum atomic E-state index is -1.22. The maximum absolute atomic E-state index is 2.34. The summed E-state index contributed by atoms with van der Waals surface area (Å²) >= 11 is 0. The molecule has 0 nitrogen and oxygen atoms in total. The third-order valence-corrected chi connectivity index (χ3v) is 12.8. The second-order valence-corrected chi connectivity index (χ2v) is 13.4. The van der Waals surface area contributed by atoms with E-state index in [-0.39, 0.29) is 0 Å². The van der Waals surface area contributed by atoms with Crippen molar-refractivity contribution >= 4 is 38.3 Å². The Morgan fingerprint density at radius 3 is 0.750 bits per heavy atom. The Balaban J connectivity index is 1.64. The van der Waals surface area contributed by atoms with E-state index in [2.05, 4.69) is 121 Å². The molecule has 0 fully saturated rings. The summed E-state index contributed by atoms with van der Waals surface area (Å²) in [5.74, 6) is 0. The summed E-state index contributed by atoms with van der Waals surface area (Å²) in [4.78, 5) is 0. The first kappa shape index (κ1) is 18.7. The van der Waals surface area contributed by atoms with Gasteiger partial charge in [-0.25, -0.2) is 0 Å². The van der Waals surface area contributed by atoms with Crippen LogP contribution in [0.4, 0.5) is 0 Å². The van der Waals surface area contributed by atoms with Crippen LogP contribution in [0.15, 0.2) is 121 Å². The molecular formula is C26H26Si2. The summed E-state index contributed by atoms with van der Waals surface area (Å²) in [7, 11) is -2.44. The molecule has 0 bridgehead atoms. The van der Waals surface area contributed by atoms with Crippen LogP contribution < -0.4 is 20.7 Å². The molecule has 0 atom stereocenters. The summed E-state index contributed by atoms with van der Waals surface area (Å²) in [5.41, 5.74) is 0. The molecule has 0 aliphatic rings. The molecule has 0 aromatic heterocycles. The molecule has 0 spiro atoms. The van der Waals surface area contributed by atoms with E-state index < -0.39 is 17.6 Å². The highest BCUT2D eigenvalue weighted by Gasteiger charge is 2.21. The SMILES string of the molecule is c1ccc([SiH](CC[SiH](c2ccccc2)c2ccccc2)c2ccccc2)cc1. The normalized spacial score (nSPS) is 11.1. The van der Waals surface area contributed by atoms with Crippen LogP contribution in [-0.2, 0) is 0 Å². The first-order valence-electron chi connectivity index (χ1n) is 10.1. The van der Waals surface area contributed by atoms with Gasteiger partial charge in [0, 0.05) is 0 Å². The zero-order valence-corrected chi connectivity index (χ0v) is 18.4. The fourth-order valence-corrected chi connectivity index (χ4v) is 11.6. The summed E-state index contributed by atoms with van der Waals surface area (Å²) in [6.45, 7) is 0. The zero-order valence-electron chi connectivity index (χ0n) is 16.1. The second-order valence-electron chi connectivity index (χ2n) is 7.33. The standard InChI is InChI=1S/C26H26Si2/c1-5-13-23(14-6-1)27(24-15-7-2-8-16-24)21-22-28(25-17-9-3-10-18-25)26-19-11-4-12-20-26/h1-20,27-28H,21-22H2. The van der Waals surface area contributed by atoms with Crippen molar-refractivity contribution in [2.45, 2.75) is 12.1 Å². The van der Waals surface area contributed by atoms with E-state index in [9.17, 15) is 0 Å². The van der Waals surface area contributed by atoms with E-state index in [4.69, 9.17) is 0 Å². The molecule has 138 valence electrons. The van der Waals surface area contributed by atoms with E-state index in [0.717, 1.165) is 0 Å². The van der Waals surface area contributed by atoms with Crippen molar-refractivity contribution in [3.63, 3.8) is 0 Å². The van der Waals surface area contributed by atoms with Crippen LogP contribution in [0.5, 0.6) is 0 Å². The summed E-state index contributed by atoms with van der Waals surface area (Å²) in [6.07, 6.45) is 0. The van der Waals surface area contributed by atoms with Crippen molar-refractivity contribution in [3.8, 4) is 0 Å². The van der Waals surface area contributed by atoms with E-state index in [0.29, 0.717) is 0 Å². The van der Waals surface area contributed by atoms with Gasteiger partial charge < -0.3 is 0 Å². The molecule has 0 aliphatic heterocycles. The molecule has 0 amide bonds. The predicted molar refractivity (Wildman–Crippen MR) is 128 cm³/mol. The second kappa shape index (κ2) is 9.49. The molecule has 2 heteroatoms. The third-order valence-electron chi connectivity index (χ3n) is 5.55. The first-order valence-corrected chi connectivity index (χ1v) is 14.1. The van der Waals surface area contributed by atoms with Crippen LogP contribution in [0.25, 0.3) is 0 Å². The van der Waals surface area contributed by atoms with Gasteiger partial charge in [-0.3, -0.25) is 0 Å². The van der Waals surface area contributed by atoms with Crippen molar-refractivity contribution in [1.29, 1.82) is 0 Å². The van der Waals surface area contributed by atoms with E-state index in [1.54, 1.807) is 20.7 Å². The highest BCUT2D eigenvalue weighted by Crippen LogP contribution is 2.07. The van der Waals surface area contributed by atoms with Crippen LogP contribution in [-0.4, -0.2) is 17.6 Å². The van der Waals surface area contributed by atoms with E-state index in [1.165, 1.54) is 12.1 Å². The Morgan fingerprint density at radius 1 is 0.321 bits per heavy atom. The highest BCUT2D eigenvalue weighted by atomic mass is 28.3. The number of rotatable bonds is 7. The molecule has 0 saturated heterocycles. The van der Waals surface area contributed by atoms with E-state index >= 15 is 0 Å². The predicted octanol–water partition coefficient (Wildman–Crippen LogP) is 3.07. The van der Waals surface area contributed by atoms with Gasteiger partial charge in [0.1, 0.15) is 17.6 Å². The maximum Gasteiger partial charge on any atom is 0.102 e. The van der Waals surface area contributed by atoms with Crippen LogP contribution in [0, 0.1) is 0 Å². The van der Waals surface area contributed by atoms with Crippen LogP contribution >= 0.6 is 0 Å². The molecule has 0 N–H and O–H groups in total. The van der Waals surface area contributed by atoms with Gasteiger partial charge in [0.2, 0.25) is 0 Å². The molecule has 4 aromatic carbocycles. The van der Waals surface area contributed by atoms with Gasteiger partial charge in [-0.1, -0.05) is 154 Å². The van der Waals surface area contributed by atoms with Gasteiger partial charge in [-0.2, -0.15) is 0 Å². The largest absolute Gasteiger partial charge is 0.102 e. The van der Waals surface area contributed by atoms with Gasteiger partial charge in [-0.05, 0) is 0 Å². The Kier molecular flexibility index (Phi) is 6.33. The smallest absolute Gasteiger partial charge is 0.0629 e. The fourth-order valence-electron chi connectivity index (χ4n) is 4.13. The molecule has 0 unspecified atom stereocenters. The molecular weight excluding hydrogens is 368 g/mol. The molecule has 4 aromatic rings. The van der Waals surface area contributed by atoms with Gasteiger partial charge in [-0.15, -0.1) is 0 Å².